The van der Waals surface area contributed by atoms with Crippen LogP contribution in [0.25, 0.3) is 5.76 Å². The second-order valence-electron chi connectivity index (χ2n) is 4.16. The molecule has 126 valence electrons. The molecule has 1 N–H and O–H groups in total. The molecule has 6 nitrogen and oxygen atoms in total. The number of pyridine rings is 1. The van der Waals surface area contributed by atoms with Crippen molar-refractivity contribution in [2.75, 3.05) is 6.61 Å². The van der Waals surface area contributed by atoms with Crippen molar-refractivity contribution in [2.24, 2.45) is 4.99 Å². The first-order valence-electron chi connectivity index (χ1n) is 6.49. The summed E-state index contributed by atoms with van der Waals surface area (Å²) in [5.41, 5.74) is -0.537. The standard InChI is InChI=1S/C14H10Cl2FN3O3S/c1-2-23-13(22)8(6-19-14-18-3-4-24-14)10(21)7-5-9(17)12(16)20-11(7)15/h3-6,21H,2H2,1H3/b10-8+,19-6+. The fraction of sp³-hybridized carbons (Fsp3) is 0.143. The third-order valence-electron chi connectivity index (χ3n) is 2.62. The van der Waals surface area contributed by atoms with Crippen LogP contribution in [-0.2, 0) is 9.53 Å². The summed E-state index contributed by atoms with van der Waals surface area (Å²) in [6.07, 6.45) is 2.59. The number of rotatable bonds is 5. The van der Waals surface area contributed by atoms with Gasteiger partial charge in [0.05, 0.1) is 12.2 Å². The highest BCUT2D eigenvalue weighted by atomic mass is 35.5. The van der Waals surface area contributed by atoms with E-state index in [0.717, 1.165) is 12.3 Å². The fourth-order valence-corrected chi connectivity index (χ4v) is 2.47. The first kappa shape index (κ1) is 18.3. The number of carbonyl (C=O) groups is 1. The van der Waals surface area contributed by atoms with Gasteiger partial charge in [0, 0.05) is 17.8 Å². The van der Waals surface area contributed by atoms with Crippen molar-refractivity contribution in [2.45, 2.75) is 6.92 Å². The molecule has 0 atom stereocenters. The molecule has 0 aliphatic carbocycles. The zero-order chi connectivity index (χ0) is 17.7. The first-order chi connectivity index (χ1) is 11.4. The Labute approximate surface area is 150 Å². The van der Waals surface area contributed by atoms with Crippen LogP contribution in [0.5, 0.6) is 0 Å². The average molecular weight is 390 g/mol. The molecule has 0 bridgehead atoms. The SMILES string of the molecule is CCOC(=O)C(/C=N/c1nccs1)=C(/O)c1cc(F)c(Cl)nc1Cl. The Balaban J connectivity index is 2.53. The average Bonchev–Trinajstić information content (AvgIpc) is 3.04. The normalized spacial score (nSPS) is 12.3. The Morgan fingerprint density at radius 2 is 2.25 bits per heavy atom. The van der Waals surface area contributed by atoms with E-state index >= 15 is 0 Å². The molecular formula is C14H10Cl2FN3O3S. The summed E-state index contributed by atoms with van der Waals surface area (Å²) in [7, 11) is 0. The molecule has 0 aliphatic heterocycles. The third kappa shape index (κ3) is 4.28. The van der Waals surface area contributed by atoms with E-state index in [1.807, 2.05) is 0 Å². The van der Waals surface area contributed by atoms with Crippen molar-refractivity contribution < 1.29 is 19.0 Å². The quantitative estimate of drug-likeness (QED) is 0.272. The number of hydrogen-bond donors (Lipinski definition) is 1. The van der Waals surface area contributed by atoms with E-state index in [0.29, 0.717) is 5.13 Å². The van der Waals surface area contributed by atoms with Gasteiger partial charge in [-0.3, -0.25) is 0 Å². The van der Waals surface area contributed by atoms with E-state index in [9.17, 15) is 14.3 Å². The van der Waals surface area contributed by atoms with Gasteiger partial charge in [0.15, 0.2) is 11.0 Å². The topological polar surface area (TPSA) is 84.7 Å². The number of hydrogen-bond acceptors (Lipinski definition) is 7. The van der Waals surface area contributed by atoms with Crippen LogP contribution < -0.4 is 0 Å². The summed E-state index contributed by atoms with van der Waals surface area (Å²) in [6, 6.07) is 0.865. The number of aromatic nitrogens is 2. The van der Waals surface area contributed by atoms with Gasteiger partial charge >= 0.3 is 5.97 Å². The van der Waals surface area contributed by atoms with Crippen LogP contribution in [0, 0.1) is 5.82 Å². The minimum Gasteiger partial charge on any atom is -0.506 e. The Kier molecular flexibility index (Phi) is 6.24. The number of aliphatic imine (C=N–C) groups is 1. The summed E-state index contributed by atoms with van der Waals surface area (Å²) in [4.78, 5) is 23.5. The van der Waals surface area contributed by atoms with E-state index in [4.69, 9.17) is 27.9 Å². The van der Waals surface area contributed by atoms with Gasteiger partial charge in [0.2, 0.25) is 5.13 Å². The lowest BCUT2D eigenvalue weighted by atomic mass is 10.1. The predicted molar refractivity (Wildman–Crippen MR) is 90.7 cm³/mol. The van der Waals surface area contributed by atoms with Gasteiger partial charge in [0.25, 0.3) is 0 Å². The lowest BCUT2D eigenvalue weighted by molar-refractivity contribution is -0.137. The maximum atomic E-state index is 13.6. The number of aliphatic hydroxyl groups excluding tert-OH is 1. The molecule has 0 fully saturated rings. The molecule has 0 spiro atoms. The third-order valence-corrected chi connectivity index (χ3v) is 3.85. The molecule has 2 aromatic heterocycles. The Morgan fingerprint density at radius 3 is 2.88 bits per heavy atom. The van der Waals surface area contributed by atoms with Crippen molar-refractivity contribution in [1.82, 2.24) is 9.97 Å². The fourth-order valence-electron chi connectivity index (χ4n) is 1.58. The molecule has 0 unspecified atom stereocenters. The molecule has 0 amide bonds. The minimum absolute atomic E-state index is 0.0711. The van der Waals surface area contributed by atoms with E-state index in [2.05, 4.69) is 15.0 Å². The second-order valence-corrected chi connectivity index (χ2v) is 5.74. The number of aliphatic hydroxyl groups is 1. The molecule has 2 rings (SSSR count). The van der Waals surface area contributed by atoms with Crippen LogP contribution in [-0.4, -0.2) is 33.9 Å². The van der Waals surface area contributed by atoms with Crippen LogP contribution in [0.1, 0.15) is 12.5 Å². The molecule has 0 saturated carbocycles. The monoisotopic (exact) mass is 389 g/mol. The second kappa shape index (κ2) is 8.18. The zero-order valence-electron chi connectivity index (χ0n) is 12.2. The van der Waals surface area contributed by atoms with Gasteiger partial charge in [-0.15, -0.1) is 11.3 Å². The molecule has 0 saturated heterocycles. The molecule has 2 aromatic rings. The summed E-state index contributed by atoms with van der Waals surface area (Å²) >= 11 is 12.6. The molecule has 0 radical (unpaired) electrons. The maximum Gasteiger partial charge on any atom is 0.343 e. The van der Waals surface area contributed by atoms with Crippen molar-refractivity contribution in [1.29, 1.82) is 0 Å². The van der Waals surface area contributed by atoms with Gasteiger partial charge in [-0.1, -0.05) is 23.2 Å². The van der Waals surface area contributed by atoms with E-state index in [-0.39, 0.29) is 22.9 Å². The van der Waals surface area contributed by atoms with E-state index in [1.165, 1.54) is 17.5 Å². The smallest absolute Gasteiger partial charge is 0.343 e. The van der Waals surface area contributed by atoms with Gasteiger partial charge < -0.3 is 9.84 Å². The van der Waals surface area contributed by atoms with Crippen molar-refractivity contribution in [3.05, 3.63) is 44.9 Å². The number of carbonyl (C=O) groups excluding carboxylic acids is 1. The zero-order valence-corrected chi connectivity index (χ0v) is 14.5. The predicted octanol–water partition coefficient (Wildman–Crippen LogP) is 4.22. The van der Waals surface area contributed by atoms with Gasteiger partial charge in [-0.05, 0) is 13.0 Å². The minimum atomic E-state index is -0.900. The molecule has 0 aliphatic rings. The number of nitrogens with zero attached hydrogens (tertiary/aromatic N) is 3. The van der Waals surface area contributed by atoms with Gasteiger partial charge in [0.1, 0.15) is 16.5 Å². The molecule has 2 heterocycles. The van der Waals surface area contributed by atoms with Crippen LogP contribution in [0.2, 0.25) is 10.3 Å². The number of thiazole rings is 1. The van der Waals surface area contributed by atoms with Crippen LogP contribution in [0.4, 0.5) is 9.52 Å². The van der Waals surface area contributed by atoms with Gasteiger partial charge in [-0.25, -0.2) is 24.1 Å². The lowest BCUT2D eigenvalue weighted by Crippen LogP contribution is -2.11. The molecule has 24 heavy (non-hydrogen) atoms. The summed E-state index contributed by atoms with van der Waals surface area (Å²) in [6.45, 7) is 1.67. The summed E-state index contributed by atoms with van der Waals surface area (Å²) in [5, 5.41) is 11.7. The number of ether oxygens (including phenoxy) is 1. The summed E-state index contributed by atoms with van der Waals surface area (Å²) in [5.74, 6) is -2.40. The van der Waals surface area contributed by atoms with Crippen molar-refractivity contribution in [3.63, 3.8) is 0 Å². The Hall–Kier alpha value is -2.03. The lowest BCUT2D eigenvalue weighted by Gasteiger charge is -2.08. The van der Waals surface area contributed by atoms with Crippen LogP contribution >= 0.6 is 34.5 Å². The highest BCUT2D eigenvalue weighted by Crippen LogP contribution is 2.27. The van der Waals surface area contributed by atoms with E-state index < -0.39 is 22.7 Å². The Bertz CT molecular complexity index is 810. The maximum absolute atomic E-state index is 13.6. The number of esters is 1. The van der Waals surface area contributed by atoms with Crippen molar-refractivity contribution >= 4 is 57.6 Å². The number of halogens is 3. The largest absolute Gasteiger partial charge is 0.506 e. The highest BCUT2D eigenvalue weighted by molar-refractivity contribution is 7.13. The molecule has 10 heteroatoms. The van der Waals surface area contributed by atoms with Crippen LogP contribution in [0.3, 0.4) is 0 Å². The summed E-state index contributed by atoms with van der Waals surface area (Å²) < 4.78 is 18.5. The van der Waals surface area contributed by atoms with Crippen LogP contribution in [0.15, 0.2) is 28.2 Å². The van der Waals surface area contributed by atoms with Gasteiger partial charge in [-0.2, -0.15) is 0 Å². The highest BCUT2D eigenvalue weighted by Gasteiger charge is 2.20. The molecule has 0 aromatic carbocycles. The molecular weight excluding hydrogens is 380 g/mol. The Morgan fingerprint density at radius 1 is 1.50 bits per heavy atom. The van der Waals surface area contributed by atoms with E-state index in [1.54, 1.807) is 12.3 Å². The van der Waals surface area contributed by atoms with Crippen molar-refractivity contribution in [3.8, 4) is 0 Å². The first-order valence-corrected chi connectivity index (χ1v) is 8.13.